The van der Waals surface area contributed by atoms with Crippen molar-refractivity contribution in [1.29, 1.82) is 5.26 Å². The summed E-state index contributed by atoms with van der Waals surface area (Å²) in [5.74, 6) is -0.942. The van der Waals surface area contributed by atoms with Crippen molar-refractivity contribution in [2.45, 2.75) is 35.9 Å². The Kier molecular flexibility index (Phi) is 4.89. The quantitative estimate of drug-likeness (QED) is 0.747. The highest BCUT2D eigenvalue weighted by Crippen LogP contribution is 2.44. The van der Waals surface area contributed by atoms with E-state index in [0.29, 0.717) is 0 Å². The average molecular weight is 417 g/mol. The van der Waals surface area contributed by atoms with Gasteiger partial charge >= 0.3 is 6.18 Å². The van der Waals surface area contributed by atoms with Crippen LogP contribution in [-0.2, 0) is 27.6 Å². The summed E-state index contributed by atoms with van der Waals surface area (Å²) in [6.07, 6.45) is -4.71. The zero-order chi connectivity index (χ0) is 20.7. The van der Waals surface area contributed by atoms with E-state index in [4.69, 9.17) is 10.00 Å². The van der Waals surface area contributed by atoms with Crippen LogP contribution in [0.4, 0.5) is 23.2 Å². The van der Waals surface area contributed by atoms with Gasteiger partial charge in [-0.25, -0.2) is 12.8 Å². The van der Waals surface area contributed by atoms with Crippen LogP contribution < -0.4 is 4.72 Å². The monoisotopic (exact) mass is 417 g/mol. The number of aromatic amines is 1. The highest BCUT2D eigenvalue weighted by Gasteiger charge is 2.57. The molecule has 0 fully saturated rings. The maximum Gasteiger partial charge on any atom is 0.417 e. The number of aromatic nitrogens is 1. The van der Waals surface area contributed by atoms with Crippen LogP contribution in [0.25, 0.3) is 0 Å². The van der Waals surface area contributed by atoms with E-state index in [1.807, 2.05) is 0 Å². The minimum atomic E-state index is -4.62. The smallest absolute Gasteiger partial charge is 0.368 e. The SMILES string of the molecule is COC1(C(F)(F)F)CCc2c(S(=O)(=O)Nc3ccc(C#N)cc3F)c[nH]c2C1. The van der Waals surface area contributed by atoms with Crippen LogP contribution in [0.3, 0.4) is 0 Å². The number of nitrogens with zero attached hydrogens (tertiary/aromatic N) is 1. The number of fused-ring (bicyclic) bond motifs is 1. The minimum Gasteiger partial charge on any atom is -0.368 e. The van der Waals surface area contributed by atoms with Crippen LogP contribution >= 0.6 is 0 Å². The Balaban J connectivity index is 1.93. The predicted octanol–water partition coefficient (Wildman–Crippen LogP) is 3.26. The van der Waals surface area contributed by atoms with Crippen LogP contribution in [0, 0.1) is 17.1 Å². The molecular weight excluding hydrogens is 402 g/mol. The van der Waals surface area contributed by atoms with Gasteiger partial charge in [0.2, 0.25) is 0 Å². The summed E-state index contributed by atoms with van der Waals surface area (Å²) >= 11 is 0. The van der Waals surface area contributed by atoms with Crippen LogP contribution in [0.1, 0.15) is 23.2 Å². The summed E-state index contributed by atoms with van der Waals surface area (Å²) in [5, 5.41) is 8.74. The predicted molar refractivity (Wildman–Crippen MR) is 90.5 cm³/mol. The Hall–Kier alpha value is -2.58. The molecule has 1 aromatic carbocycles. The molecule has 28 heavy (non-hydrogen) atoms. The maximum absolute atomic E-state index is 14.0. The van der Waals surface area contributed by atoms with E-state index in [2.05, 4.69) is 9.71 Å². The molecule has 3 rings (SSSR count). The third-order valence-electron chi connectivity index (χ3n) is 4.82. The van der Waals surface area contributed by atoms with Gasteiger partial charge in [0, 0.05) is 25.4 Å². The largest absolute Gasteiger partial charge is 0.417 e. The fraction of sp³-hybridized carbons (Fsp3) is 0.353. The molecular formula is C17H15F4N3O3S. The summed E-state index contributed by atoms with van der Waals surface area (Å²) in [5.41, 5.74) is -2.43. The lowest BCUT2D eigenvalue weighted by Crippen LogP contribution is -2.51. The van der Waals surface area contributed by atoms with Gasteiger partial charge in [0.25, 0.3) is 10.0 Å². The van der Waals surface area contributed by atoms with E-state index in [0.717, 1.165) is 25.4 Å². The Labute approximate surface area is 158 Å². The number of ether oxygens (including phenoxy) is 1. The molecule has 1 heterocycles. The number of methoxy groups -OCH3 is 1. The number of hydrogen-bond donors (Lipinski definition) is 2. The van der Waals surface area contributed by atoms with E-state index < -0.39 is 40.5 Å². The molecule has 150 valence electrons. The van der Waals surface area contributed by atoms with Gasteiger partial charge in [-0.15, -0.1) is 0 Å². The highest BCUT2D eigenvalue weighted by molar-refractivity contribution is 7.92. The van der Waals surface area contributed by atoms with Crippen molar-refractivity contribution in [3.05, 3.63) is 47.0 Å². The highest BCUT2D eigenvalue weighted by atomic mass is 32.2. The number of nitriles is 1. The number of benzene rings is 1. The summed E-state index contributed by atoms with van der Waals surface area (Å²) in [6.45, 7) is 0. The van der Waals surface area contributed by atoms with Gasteiger partial charge in [-0.2, -0.15) is 18.4 Å². The Bertz CT molecular complexity index is 1060. The molecule has 6 nitrogen and oxygen atoms in total. The summed E-state index contributed by atoms with van der Waals surface area (Å²) in [6, 6.07) is 4.94. The average Bonchev–Trinajstić information content (AvgIpc) is 3.06. The van der Waals surface area contributed by atoms with Crippen molar-refractivity contribution < 1.29 is 30.7 Å². The van der Waals surface area contributed by atoms with Gasteiger partial charge in [0.1, 0.15) is 10.7 Å². The molecule has 1 aliphatic rings. The molecule has 1 aromatic heterocycles. The van der Waals surface area contributed by atoms with Crippen LogP contribution in [0.15, 0.2) is 29.3 Å². The van der Waals surface area contributed by atoms with Crippen LogP contribution in [0.5, 0.6) is 0 Å². The number of alkyl halides is 3. The van der Waals surface area contributed by atoms with Crippen molar-refractivity contribution in [2.24, 2.45) is 0 Å². The second kappa shape index (κ2) is 6.79. The van der Waals surface area contributed by atoms with Gasteiger partial charge in [-0.3, -0.25) is 4.72 Å². The number of sulfonamides is 1. The van der Waals surface area contributed by atoms with E-state index in [1.165, 1.54) is 6.07 Å². The first-order chi connectivity index (χ1) is 13.0. The molecule has 0 saturated heterocycles. The molecule has 0 bridgehead atoms. The minimum absolute atomic E-state index is 0.0162. The van der Waals surface area contributed by atoms with Crippen molar-refractivity contribution in [3.63, 3.8) is 0 Å². The van der Waals surface area contributed by atoms with Gasteiger partial charge in [-0.1, -0.05) is 0 Å². The number of nitrogens with one attached hydrogen (secondary N) is 2. The molecule has 1 atom stereocenters. The Morgan fingerprint density at radius 1 is 1.36 bits per heavy atom. The van der Waals surface area contributed by atoms with E-state index >= 15 is 0 Å². The van der Waals surface area contributed by atoms with Gasteiger partial charge < -0.3 is 9.72 Å². The molecule has 0 saturated carbocycles. The summed E-state index contributed by atoms with van der Waals surface area (Å²) in [4.78, 5) is 2.32. The lowest BCUT2D eigenvalue weighted by atomic mass is 9.83. The molecule has 0 radical (unpaired) electrons. The zero-order valence-corrected chi connectivity index (χ0v) is 15.3. The summed E-state index contributed by atoms with van der Waals surface area (Å²) < 4.78 is 86.3. The number of halogens is 4. The molecule has 1 unspecified atom stereocenters. The first-order valence-electron chi connectivity index (χ1n) is 8.06. The molecule has 1 aliphatic carbocycles. The zero-order valence-electron chi connectivity index (χ0n) is 14.5. The first kappa shape index (κ1) is 20.2. The second-order valence-corrected chi connectivity index (χ2v) is 8.05. The Morgan fingerprint density at radius 3 is 2.64 bits per heavy atom. The third-order valence-corrected chi connectivity index (χ3v) is 6.25. The third kappa shape index (κ3) is 3.33. The Morgan fingerprint density at radius 2 is 2.07 bits per heavy atom. The standard InChI is InChI=1S/C17H15F4N3O3S/c1-27-16(17(19,20)21)5-4-11-14(7-16)23-9-15(11)28(25,26)24-13-3-2-10(8-22)6-12(13)18/h2-3,6,9,23-24H,4-5,7H2,1H3. The molecule has 2 N–H and O–H groups in total. The normalized spacial score (nSPS) is 19.7. The van der Waals surface area contributed by atoms with E-state index in [1.54, 1.807) is 6.07 Å². The first-order valence-corrected chi connectivity index (χ1v) is 9.55. The molecule has 0 aliphatic heterocycles. The number of H-pyrrole nitrogens is 1. The lowest BCUT2D eigenvalue weighted by Gasteiger charge is -2.37. The van der Waals surface area contributed by atoms with E-state index in [-0.39, 0.29) is 33.8 Å². The van der Waals surface area contributed by atoms with Gasteiger partial charge in [0.05, 0.1) is 17.3 Å². The van der Waals surface area contributed by atoms with E-state index in [9.17, 15) is 26.0 Å². The fourth-order valence-corrected chi connectivity index (χ4v) is 4.58. The van der Waals surface area contributed by atoms with Crippen molar-refractivity contribution in [1.82, 2.24) is 4.98 Å². The van der Waals surface area contributed by atoms with Gasteiger partial charge in [0.15, 0.2) is 5.60 Å². The van der Waals surface area contributed by atoms with Crippen LogP contribution in [-0.4, -0.2) is 32.3 Å². The van der Waals surface area contributed by atoms with Crippen molar-refractivity contribution >= 4 is 15.7 Å². The summed E-state index contributed by atoms with van der Waals surface area (Å²) in [7, 11) is -3.29. The molecule has 2 aromatic rings. The number of rotatable bonds is 4. The van der Waals surface area contributed by atoms with Crippen molar-refractivity contribution in [2.75, 3.05) is 11.8 Å². The maximum atomic E-state index is 14.0. The fourth-order valence-electron chi connectivity index (χ4n) is 3.25. The number of hydrogen-bond acceptors (Lipinski definition) is 4. The lowest BCUT2D eigenvalue weighted by molar-refractivity contribution is -0.273. The molecule has 11 heteroatoms. The van der Waals surface area contributed by atoms with Crippen molar-refractivity contribution in [3.8, 4) is 6.07 Å². The number of anilines is 1. The van der Waals surface area contributed by atoms with Crippen LogP contribution in [0.2, 0.25) is 0 Å². The second-order valence-electron chi connectivity index (χ2n) is 6.39. The van der Waals surface area contributed by atoms with Gasteiger partial charge in [-0.05, 0) is 36.6 Å². The topological polar surface area (TPSA) is 95.0 Å². The molecule has 0 amide bonds. The molecule has 0 spiro atoms.